The number of likely N-dealkylation sites (N-methyl/N-ethyl adjacent to an activating group) is 2. The monoisotopic (exact) mass is 256 g/mol. The van der Waals surface area contributed by atoms with Crippen molar-refractivity contribution in [1.29, 1.82) is 0 Å². The Labute approximate surface area is 113 Å². The lowest BCUT2D eigenvalue weighted by Crippen LogP contribution is -2.56. The predicted octanol–water partition coefficient (Wildman–Crippen LogP) is 2.65. The lowest BCUT2D eigenvalue weighted by Gasteiger charge is -2.43. The van der Waals surface area contributed by atoms with Gasteiger partial charge in [-0.05, 0) is 66.6 Å². The van der Waals surface area contributed by atoms with Crippen LogP contribution in [0, 0.1) is 0 Å². The molecular weight excluding hydrogens is 224 g/mol. The largest absolute Gasteiger partial charge is 0.378 e. The molecule has 0 aromatic heterocycles. The molecule has 1 heterocycles. The van der Waals surface area contributed by atoms with Crippen molar-refractivity contribution in [2.45, 2.75) is 70.1 Å². The van der Waals surface area contributed by atoms with Crippen LogP contribution in [0.15, 0.2) is 0 Å². The summed E-state index contributed by atoms with van der Waals surface area (Å²) in [6, 6.07) is 0.555. The molecule has 1 saturated heterocycles. The van der Waals surface area contributed by atoms with Crippen LogP contribution in [-0.2, 0) is 4.74 Å². The van der Waals surface area contributed by atoms with Gasteiger partial charge in [0.25, 0.3) is 0 Å². The third kappa shape index (κ3) is 3.94. The molecule has 0 aromatic rings. The molecule has 0 aliphatic carbocycles. The maximum absolute atomic E-state index is 5.70. The number of nitrogens with zero attached hydrogens (tertiary/aromatic N) is 1. The summed E-state index contributed by atoms with van der Waals surface area (Å²) in [5.41, 5.74) is 0.241. The Morgan fingerprint density at radius 3 is 2.61 bits per heavy atom. The van der Waals surface area contributed by atoms with Crippen LogP contribution in [0.5, 0.6) is 0 Å². The highest BCUT2D eigenvalue weighted by atomic mass is 16.5. The first-order valence-electron chi connectivity index (χ1n) is 7.51. The van der Waals surface area contributed by atoms with Gasteiger partial charge in [0.1, 0.15) is 0 Å². The molecule has 0 radical (unpaired) electrons. The van der Waals surface area contributed by atoms with Crippen LogP contribution in [0.2, 0.25) is 0 Å². The smallest absolute Gasteiger partial charge is 0.0576 e. The van der Waals surface area contributed by atoms with Crippen LogP contribution >= 0.6 is 0 Å². The highest BCUT2D eigenvalue weighted by Crippen LogP contribution is 2.26. The zero-order valence-electron chi connectivity index (χ0n) is 13.0. The molecule has 0 aromatic carbocycles. The lowest BCUT2D eigenvalue weighted by atomic mass is 9.84. The summed E-state index contributed by atoms with van der Waals surface area (Å²) in [6.45, 7) is 5.62. The van der Waals surface area contributed by atoms with Crippen molar-refractivity contribution in [2.75, 3.05) is 27.7 Å². The van der Waals surface area contributed by atoms with E-state index in [1.807, 2.05) is 0 Å². The molecule has 0 bridgehead atoms. The van der Waals surface area contributed by atoms with Gasteiger partial charge in [0, 0.05) is 18.2 Å². The van der Waals surface area contributed by atoms with Crippen molar-refractivity contribution in [3.8, 4) is 0 Å². The van der Waals surface area contributed by atoms with Crippen molar-refractivity contribution >= 4 is 0 Å². The normalized spacial score (nSPS) is 25.3. The lowest BCUT2D eigenvalue weighted by molar-refractivity contribution is 0.0893. The number of nitrogens with one attached hydrogen (secondary N) is 1. The molecule has 3 nitrogen and oxygen atoms in total. The molecule has 0 saturated carbocycles. The second-order valence-corrected chi connectivity index (χ2v) is 6.01. The molecule has 108 valence electrons. The van der Waals surface area contributed by atoms with Gasteiger partial charge in [-0.1, -0.05) is 6.92 Å². The molecule has 3 atom stereocenters. The Morgan fingerprint density at radius 1 is 1.44 bits per heavy atom. The van der Waals surface area contributed by atoms with Gasteiger partial charge in [0.2, 0.25) is 0 Å². The van der Waals surface area contributed by atoms with Gasteiger partial charge >= 0.3 is 0 Å². The molecular formula is C15H32N2O. The SMILES string of the molecule is CCC(C)(C(CCCC1CCCO1)NC)N(C)C. The molecule has 0 amide bonds. The summed E-state index contributed by atoms with van der Waals surface area (Å²) in [7, 11) is 6.47. The van der Waals surface area contributed by atoms with E-state index in [-0.39, 0.29) is 5.54 Å². The van der Waals surface area contributed by atoms with Gasteiger partial charge in [-0.25, -0.2) is 0 Å². The van der Waals surface area contributed by atoms with Crippen LogP contribution in [0.3, 0.4) is 0 Å². The van der Waals surface area contributed by atoms with Crippen LogP contribution in [-0.4, -0.2) is 50.3 Å². The van der Waals surface area contributed by atoms with E-state index in [1.165, 1.54) is 38.5 Å². The van der Waals surface area contributed by atoms with E-state index in [2.05, 4.69) is 45.2 Å². The molecule has 1 rings (SSSR count). The Morgan fingerprint density at radius 2 is 2.17 bits per heavy atom. The van der Waals surface area contributed by atoms with Gasteiger partial charge in [-0.2, -0.15) is 0 Å². The van der Waals surface area contributed by atoms with Crippen LogP contribution in [0.25, 0.3) is 0 Å². The second kappa shape index (κ2) is 7.46. The molecule has 1 aliphatic rings. The first-order chi connectivity index (χ1) is 8.54. The number of ether oxygens (including phenoxy) is 1. The summed E-state index contributed by atoms with van der Waals surface area (Å²) < 4.78 is 5.70. The zero-order valence-corrected chi connectivity index (χ0v) is 13.0. The molecule has 1 aliphatic heterocycles. The molecule has 1 N–H and O–H groups in total. The minimum atomic E-state index is 0.241. The first kappa shape index (κ1) is 15.9. The van der Waals surface area contributed by atoms with Crippen molar-refractivity contribution in [3.63, 3.8) is 0 Å². The number of hydrogen-bond donors (Lipinski definition) is 1. The Kier molecular flexibility index (Phi) is 6.61. The van der Waals surface area contributed by atoms with E-state index < -0.39 is 0 Å². The van der Waals surface area contributed by atoms with E-state index in [1.54, 1.807) is 0 Å². The fourth-order valence-electron chi connectivity index (χ4n) is 3.06. The summed E-state index contributed by atoms with van der Waals surface area (Å²) >= 11 is 0. The van der Waals surface area contributed by atoms with Crippen molar-refractivity contribution < 1.29 is 4.74 Å². The maximum atomic E-state index is 5.70. The maximum Gasteiger partial charge on any atom is 0.0576 e. The summed E-state index contributed by atoms with van der Waals surface area (Å²) in [4.78, 5) is 2.36. The second-order valence-electron chi connectivity index (χ2n) is 6.01. The van der Waals surface area contributed by atoms with Crippen molar-refractivity contribution in [3.05, 3.63) is 0 Å². The number of hydrogen-bond acceptors (Lipinski definition) is 3. The molecule has 3 unspecified atom stereocenters. The van der Waals surface area contributed by atoms with E-state index in [0.29, 0.717) is 12.1 Å². The fraction of sp³-hybridized carbons (Fsp3) is 1.00. The van der Waals surface area contributed by atoms with E-state index in [0.717, 1.165) is 6.61 Å². The van der Waals surface area contributed by atoms with Crippen molar-refractivity contribution in [1.82, 2.24) is 10.2 Å². The van der Waals surface area contributed by atoms with Crippen LogP contribution < -0.4 is 5.32 Å². The van der Waals surface area contributed by atoms with Gasteiger partial charge in [-0.15, -0.1) is 0 Å². The van der Waals surface area contributed by atoms with E-state index in [9.17, 15) is 0 Å². The van der Waals surface area contributed by atoms with Gasteiger partial charge in [-0.3, -0.25) is 0 Å². The molecule has 18 heavy (non-hydrogen) atoms. The predicted molar refractivity (Wildman–Crippen MR) is 78.1 cm³/mol. The molecule has 1 fully saturated rings. The minimum Gasteiger partial charge on any atom is -0.378 e. The summed E-state index contributed by atoms with van der Waals surface area (Å²) in [6.07, 6.45) is 7.96. The summed E-state index contributed by atoms with van der Waals surface area (Å²) in [5, 5.41) is 3.52. The molecule has 0 spiro atoms. The van der Waals surface area contributed by atoms with Gasteiger partial charge in [0.15, 0.2) is 0 Å². The Hall–Kier alpha value is -0.120. The van der Waals surface area contributed by atoms with Crippen LogP contribution in [0.1, 0.15) is 52.4 Å². The van der Waals surface area contributed by atoms with Gasteiger partial charge in [0.05, 0.1) is 6.10 Å². The average molecular weight is 256 g/mol. The Bertz CT molecular complexity index is 227. The topological polar surface area (TPSA) is 24.5 Å². The third-order valence-electron chi connectivity index (χ3n) is 4.88. The zero-order chi connectivity index (χ0) is 13.6. The Balaban J connectivity index is 2.39. The van der Waals surface area contributed by atoms with E-state index in [4.69, 9.17) is 4.74 Å². The summed E-state index contributed by atoms with van der Waals surface area (Å²) in [5.74, 6) is 0. The molecule has 3 heteroatoms. The highest BCUT2D eigenvalue weighted by molar-refractivity contribution is 4.93. The van der Waals surface area contributed by atoms with Gasteiger partial charge < -0.3 is 15.0 Å². The fourth-order valence-corrected chi connectivity index (χ4v) is 3.06. The van der Waals surface area contributed by atoms with Crippen LogP contribution in [0.4, 0.5) is 0 Å². The highest BCUT2D eigenvalue weighted by Gasteiger charge is 2.33. The quantitative estimate of drug-likeness (QED) is 0.722. The average Bonchev–Trinajstić information content (AvgIpc) is 2.86. The third-order valence-corrected chi connectivity index (χ3v) is 4.88. The first-order valence-corrected chi connectivity index (χ1v) is 7.51. The standard InChI is InChI=1S/C15H32N2O/c1-6-15(2,17(4)5)14(16-3)11-7-9-13-10-8-12-18-13/h13-14,16H,6-12H2,1-5H3. The number of rotatable bonds is 8. The minimum absolute atomic E-state index is 0.241. The van der Waals surface area contributed by atoms with Crippen molar-refractivity contribution in [2.24, 2.45) is 0 Å². The van der Waals surface area contributed by atoms with E-state index >= 15 is 0 Å².